The second kappa shape index (κ2) is 8.65. The first-order chi connectivity index (χ1) is 6.24. The van der Waals surface area contributed by atoms with Crippen LogP contribution in [-0.4, -0.2) is 29.0 Å². The van der Waals surface area contributed by atoms with E-state index in [0.29, 0.717) is 13.2 Å². The van der Waals surface area contributed by atoms with Crippen LogP contribution in [0.1, 0.15) is 33.6 Å². The highest BCUT2D eigenvalue weighted by atomic mass is 28.3. The van der Waals surface area contributed by atoms with E-state index >= 15 is 0 Å². The van der Waals surface area contributed by atoms with Crippen LogP contribution in [0.25, 0.3) is 0 Å². The monoisotopic (exact) mass is 207 g/mol. The van der Waals surface area contributed by atoms with Gasteiger partial charge in [0.25, 0.3) is 0 Å². The van der Waals surface area contributed by atoms with Gasteiger partial charge in [0.05, 0.1) is 6.23 Å². The van der Waals surface area contributed by atoms with E-state index in [2.05, 4.69) is 6.92 Å². The third-order valence-corrected chi connectivity index (χ3v) is 3.25. The maximum atomic E-state index is 5.70. The van der Waals surface area contributed by atoms with Gasteiger partial charge in [0, 0.05) is 13.2 Å². The van der Waals surface area contributed by atoms with Crippen molar-refractivity contribution in [3.8, 4) is 0 Å². The molecule has 4 nitrogen and oxygen atoms in total. The van der Waals surface area contributed by atoms with Crippen molar-refractivity contribution in [3.05, 3.63) is 0 Å². The van der Waals surface area contributed by atoms with Crippen LogP contribution >= 0.6 is 0 Å². The minimum atomic E-state index is -1.95. The normalized spacial score (nSPS) is 13.6. The third kappa shape index (κ3) is 7.15. The van der Waals surface area contributed by atoms with Crippen LogP contribution < -0.4 is 5.73 Å². The van der Waals surface area contributed by atoms with Crippen molar-refractivity contribution in [2.24, 2.45) is 5.73 Å². The fraction of sp³-hybridized carbons (Fsp3) is 1.00. The van der Waals surface area contributed by atoms with Gasteiger partial charge in [0.1, 0.15) is 0 Å². The largest absolute Gasteiger partial charge is 0.485 e. The van der Waals surface area contributed by atoms with Gasteiger partial charge in [-0.1, -0.05) is 13.3 Å². The first kappa shape index (κ1) is 13.1. The van der Waals surface area contributed by atoms with Gasteiger partial charge in [-0.2, -0.15) is 0 Å². The lowest BCUT2D eigenvalue weighted by Gasteiger charge is -2.19. The maximum Gasteiger partial charge on any atom is 0.485 e. The molecule has 0 fully saturated rings. The van der Waals surface area contributed by atoms with Gasteiger partial charge < -0.3 is 19.0 Å². The smallest absolute Gasteiger partial charge is 0.376 e. The summed E-state index contributed by atoms with van der Waals surface area (Å²) in [5, 5.41) is 0. The van der Waals surface area contributed by atoms with E-state index in [1.807, 2.05) is 13.8 Å². The van der Waals surface area contributed by atoms with Crippen LogP contribution in [0.3, 0.4) is 0 Å². The molecule has 0 spiro atoms. The summed E-state index contributed by atoms with van der Waals surface area (Å²) >= 11 is 0. The van der Waals surface area contributed by atoms with Crippen molar-refractivity contribution >= 4 is 9.53 Å². The van der Waals surface area contributed by atoms with Crippen molar-refractivity contribution in [1.82, 2.24) is 0 Å². The van der Waals surface area contributed by atoms with Crippen LogP contribution in [-0.2, 0) is 13.3 Å². The molecule has 0 aromatic rings. The Bertz CT molecular complexity index is 110. The van der Waals surface area contributed by atoms with E-state index < -0.39 is 9.53 Å². The molecule has 0 amide bonds. The fourth-order valence-corrected chi connectivity index (χ4v) is 2.11. The van der Waals surface area contributed by atoms with E-state index in [9.17, 15) is 0 Å². The molecule has 0 bridgehead atoms. The van der Waals surface area contributed by atoms with Crippen molar-refractivity contribution in [2.45, 2.75) is 39.8 Å². The standard InChI is InChI=1S/C8H21NO3Si/c1-4-7-8(9)12-13(10-5-2)11-6-3/h8,13H,4-7,9H2,1-3H3. The van der Waals surface area contributed by atoms with Gasteiger partial charge in [-0.15, -0.1) is 0 Å². The van der Waals surface area contributed by atoms with Gasteiger partial charge in [-0.25, -0.2) is 0 Å². The molecule has 0 aliphatic heterocycles. The highest BCUT2D eigenvalue weighted by Crippen LogP contribution is 2.00. The molecule has 0 aromatic heterocycles. The topological polar surface area (TPSA) is 53.7 Å². The molecule has 1 unspecified atom stereocenters. The van der Waals surface area contributed by atoms with Crippen LogP contribution in [0.2, 0.25) is 0 Å². The molecule has 0 saturated heterocycles. The van der Waals surface area contributed by atoms with Gasteiger partial charge in [-0.3, -0.25) is 0 Å². The Labute approximate surface area is 82.3 Å². The predicted octanol–water partition coefficient (Wildman–Crippen LogP) is 0.878. The first-order valence-electron chi connectivity index (χ1n) is 4.88. The summed E-state index contributed by atoms with van der Waals surface area (Å²) in [5.74, 6) is 0. The molecular formula is C8H21NO3Si. The molecule has 13 heavy (non-hydrogen) atoms. The first-order valence-corrected chi connectivity index (χ1v) is 6.30. The van der Waals surface area contributed by atoms with Crippen LogP contribution in [0.15, 0.2) is 0 Å². The van der Waals surface area contributed by atoms with Crippen molar-refractivity contribution in [2.75, 3.05) is 13.2 Å². The molecule has 0 radical (unpaired) electrons. The summed E-state index contributed by atoms with van der Waals surface area (Å²) in [6.45, 7) is 7.16. The lowest BCUT2D eigenvalue weighted by Crippen LogP contribution is -2.36. The van der Waals surface area contributed by atoms with E-state index in [0.717, 1.165) is 12.8 Å². The Morgan fingerprint density at radius 2 is 1.69 bits per heavy atom. The highest BCUT2D eigenvalue weighted by Gasteiger charge is 2.17. The molecule has 2 N–H and O–H groups in total. The quantitative estimate of drug-likeness (QED) is 0.474. The number of hydrogen-bond donors (Lipinski definition) is 1. The van der Waals surface area contributed by atoms with E-state index in [-0.39, 0.29) is 6.23 Å². The Morgan fingerprint density at radius 3 is 2.08 bits per heavy atom. The number of hydrogen-bond acceptors (Lipinski definition) is 4. The zero-order valence-corrected chi connectivity index (χ0v) is 9.94. The Morgan fingerprint density at radius 1 is 1.15 bits per heavy atom. The maximum absolute atomic E-state index is 5.70. The minimum absolute atomic E-state index is 0.236. The zero-order valence-electron chi connectivity index (χ0n) is 8.79. The summed E-state index contributed by atoms with van der Waals surface area (Å²) in [6, 6.07) is 0. The molecule has 5 heteroatoms. The van der Waals surface area contributed by atoms with E-state index in [4.69, 9.17) is 19.0 Å². The molecule has 80 valence electrons. The second-order valence-electron chi connectivity index (χ2n) is 2.66. The van der Waals surface area contributed by atoms with E-state index in [1.54, 1.807) is 0 Å². The fourth-order valence-electron chi connectivity index (χ4n) is 0.894. The Kier molecular flexibility index (Phi) is 8.68. The highest BCUT2D eigenvalue weighted by molar-refractivity contribution is 6.36. The minimum Gasteiger partial charge on any atom is -0.376 e. The molecule has 1 atom stereocenters. The number of nitrogens with two attached hydrogens (primary N) is 1. The van der Waals surface area contributed by atoms with Gasteiger partial charge >= 0.3 is 9.53 Å². The molecule has 0 rings (SSSR count). The summed E-state index contributed by atoms with van der Waals surface area (Å²) in [4.78, 5) is 0. The van der Waals surface area contributed by atoms with Crippen molar-refractivity contribution in [3.63, 3.8) is 0 Å². The Balaban J connectivity index is 3.64. The summed E-state index contributed by atoms with van der Waals surface area (Å²) in [6.07, 6.45) is 1.63. The molecule has 0 aliphatic rings. The average Bonchev–Trinajstić information content (AvgIpc) is 2.05. The summed E-state index contributed by atoms with van der Waals surface area (Å²) < 4.78 is 16.1. The van der Waals surface area contributed by atoms with Crippen LogP contribution in [0.4, 0.5) is 0 Å². The third-order valence-electron chi connectivity index (χ3n) is 1.46. The second-order valence-corrected chi connectivity index (χ2v) is 4.18. The number of rotatable bonds is 8. The average molecular weight is 207 g/mol. The lowest BCUT2D eigenvalue weighted by atomic mass is 10.3. The van der Waals surface area contributed by atoms with Gasteiger partial charge in [0.2, 0.25) is 0 Å². The molecule has 0 aromatic carbocycles. The zero-order chi connectivity index (χ0) is 10.1. The molecule has 0 aliphatic carbocycles. The van der Waals surface area contributed by atoms with Crippen LogP contribution in [0, 0.1) is 0 Å². The Hall–Kier alpha value is 0.0569. The van der Waals surface area contributed by atoms with Gasteiger partial charge in [-0.05, 0) is 20.3 Å². The lowest BCUT2D eigenvalue weighted by molar-refractivity contribution is 0.0619. The summed E-state index contributed by atoms with van der Waals surface area (Å²) in [5.41, 5.74) is 5.70. The molecule has 0 heterocycles. The van der Waals surface area contributed by atoms with E-state index in [1.165, 1.54) is 0 Å². The van der Waals surface area contributed by atoms with Crippen LogP contribution in [0.5, 0.6) is 0 Å². The van der Waals surface area contributed by atoms with Crippen molar-refractivity contribution < 1.29 is 13.3 Å². The van der Waals surface area contributed by atoms with Gasteiger partial charge in [0.15, 0.2) is 0 Å². The SMILES string of the molecule is CCCC(N)O[SiH](OCC)OCC. The molecule has 0 saturated carbocycles. The summed E-state index contributed by atoms with van der Waals surface area (Å²) in [7, 11) is -1.95. The molecular weight excluding hydrogens is 186 g/mol. The predicted molar refractivity (Wildman–Crippen MR) is 54.4 cm³/mol. The van der Waals surface area contributed by atoms with Crippen molar-refractivity contribution in [1.29, 1.82) is 0 Å².